The molecule has 1 heterocycles. The lowest BCUT2D eigenvalue weighted by molar-refractivity contribution is 0.0955. The van der Waals surface area contributed by atoms with E-state index in [4.69, 9.17) is 9.47 Å². The minimum Gasteiger partial charge on any atom is -0.493 e. The summed E-state index contributed by atoms with van der Waals surface area (Å²) in [5, 5.41) is 2.93. The molecule has 0 bridgehead atoms. The molecule has 1 amide bonds. The summed E-state index contributed by atoms with van der Waals surface area (Å²) in [7, 11) is 1.61. The molecule has 0 aliphatic carbocycles. The van der Waals surface area contributed by atoms with Gasteiger partial charge in [-0.05, 0) is 42.3 Å². The molecule has 26 heavy (non-hydrogen) atoms. The number of ether oxygens (including phenoxy) is 2. The van der Waals surface area contributed by atoms with Crippen molar-refractivity contribution in [2.45, 2.75) is 20.1 Å². The summed E-state index contributed by atoms with van der Waals surface area (Å²) in [6.45, 7) is 2.90. The highest BCUT2D eigenvalue weighted by Gasteiger charge is 2.10. The molecule has 5 heteroatoms. The van der Waals surface area contributed by atoms with Crippen molar-refractivity contribution < 1.29 is 14.3 Å². The molecule has 4 nitrogen and oxygen atoms in total. The van der Waals surface area contributed by atoms with Crippen LogP contribution >= 0.6 is 11.3 Å². The number of nitrogens with one attached hydrogen (secondary N) is 1. The van der Waals surface area contributed by atoms with Gasteiger partial charge in [0.15, 0.2) is 11.5 Å². The van der Waals surface area contributed by atoms with Crippen molar-refractivity contribution in [2.75, 3.05) is 7.11 Å². The van der Waals surface area contributed by atoms with E-state index in [0.29, 0.717) is 24.7 Å². The van der Waals surface area contributed by atoms with Gasteiger partial charge in [0, 0.05) is 11.4 Å². The van der Waals surface area contributed by atoms with Gasteiger partial charge in [-0.3, -0.25) is 4.79 Å². The van der Waals surface area contributed by atoms with Crippen LogP contribution in [0.2, 0.25) is 0 Å². The number of carbonyl (C=O) groups is 1. The predicted molar refractivity (Wildman–Crippen MR) is 104 cm³/mol. The Bertz CT molecular complexity index is 874. The summed E-state index contributed by atoms with van der Waals surface area (Å²) in [6, 6.07) is 19.5. The maximum absolute atomic E-state index is 12.2. The Morgan fingerprint density at radius 2 is 1.81 bits per heavy atom. The highest BCUT2D eigenvalue weighted by atomic mass is 32.1. The zero-order valence-electron chi connectivity index (χ0n) is 14.8. The minimum absolute atomic E-state index is 0.0635. The Hall–Kier alpha value is -2.79. The molecule has 0 aliphatic heterocycles. The smallest absolute Gasteiger partial charge is 0.261 e. The van der Waals surface area contributed by atoms with Gasteiger partial charge >= 0.3 is 0 Å². The number of thiophene rings is 1. The summed E-state index contributed by atoms with van der Waals surface area (Å²) in [5.74, 6) is 1.27. The van der Waals surface area contributed by atoms with E-state index in [1.807, 2.05) is 67.6 Å². The van der Waals surface area contributed by atoms with Crippen LogP contribution < -0.4 is 14.8 Å². The number of hydrogen-bond acceptors (Lipinski definition) is 4. The SMILES string of the molecule is COc1cc(CNC(=O)c2ccc(C)s2)ccc1OCc1ccccc1. The van der Waals surface area contributed by atoms with Gasteiger partial charge < -0.3 is 14.8 Å². The molecule has 1 aromatic heterocycles. The van der Waals surface area contributed by atoms with E-state index in [1.54, 1.807) is 7.11 Å². The largest absolute Gasteiger partial charge is 0.493 e. The van der Waals surface area contributed by atoms with Gasteiger partial charge in [0.1, 0.15) is 6.61 Å². The lowest BCUT2D eigenvalue weighted by atomic mass is 10.2. The summed E-state index contributed by atoms with van der Waals surface area (Å²) < 4.78 is 11.3. The fraction of sp³-hybridized carbons (Fsp3) is 0.190. The van der Waals surface area contributed by atoms with Crippen LogP contribution in [-0.2, 0) is 13.2 Å². The summed E-state index contributed by atoms with van der Waals surface area (Å²) in [6.07, 6.45) is 0. The molecule has 0 saturated heterocycles. The number of amides is 1. The van der Waals surface area contributed by atoms with E-state index in [1.165, 1.54) is 11.3 Å². The predicted octanol–water partition coefficient (Wildman–Crippen LogP) is 4.57. The number of carbonyl (C=O) groups excluding carboxylic acids is 1. The van der Waals surface area contributed by atoms with Crippen LogP contribution in [0.4, 0.5) is 0 Å². The van der Waals surface area contributed by atoms with Crippen LogP contribution in [0.15, 0.2) is 60.7 Å². The van der Waals surface area contributed by atoms with Gasteiger partial charge in [0.05, 0.1) is 12.0 Å². The Labute approximate surface area is 157 Å². The number of hydrogen-bond donors (Lipinski definition) is 1. The average molecular weight is 367 g/mol. The van der Waals surface area contributed by atoms with E-state index in [2.05, 4.69) is 5.32 Å². The van der Waals surface area contributed by atoms with Gasteiger partial charge in [0.2, 0.25) is 0 Å². The van der Waals surface area contributed by atoms with E-state index < -0.39 is 0 Å². The third kappa shape index (κ3) is 4.64. The monoisotopic (exact) mass is 367 g/mol. The molecule has 0 aliphatic rings. The summed E-state index contributed by atoms with van der Waals surface area (Å²) in [5.41, 5.74) is 2.05. The second kappa shape index (κ2) is 8.54. The van der Waals surface area contributed by atoms with Gasteiger partial charge in [0.25, 0.3) is 5.91 Å². The second-order valence-corrected chi connectivity index (χ2v) is 7.14. The molecule has 0 spiro atoms. The Kier molecular flexibility index (Phi) is 5.92. The zero-order valence-corrected chi connectivity index (χ0v) is 15.6. The Balaban J connectivity index is 1.61. The van der Waals surface area contributed by atoms with Crippen molar-refractivity contribution in [1.82, 2.24) is 5.32 Å². The molecule has 134 valence electrons. The van der Waals surface area contributed by atoms with Crippen LogP contribution in [0.3, 0.4) is 0 Å². The molecule has 0 fully saturated rings. The van der Waals surface area contributed by atoms with Crippen LogP contribution in [0, 0.1) is 6.92 Å². The quantitative estimate of drug-likeness (QED) is 0.665. The number of rotatable bonds is 7. The fourth-order valence-corrected chi connectivity index (χ4v) is 3.29. The van der Waals surface area contributed by atoms with Crippen molar-refractivity contribution in [3.05, 3.63) is 81.5 Å². The van der Waals surface area contributed by atoms with E-state index >= 15 is 0 Å². The minimum atomic E-state index is -0.0635. The van der Waals surface area contributed by atoms with E-state index in [9.17, 15) is 4.79 Å². The summed E-state index contributed by atoms with van der Waals surface area (Å²) >= 11 is 1.49. The maximum atomic E-state index is 12.2. The first-order valence-electron chi connectivity index (χ1n) is 8.34. The van der Waals surface area contributed by atoms with Crippen LogP contribution in [0.25, 0.3) is 0 Å². The third-order valence-corrected chi connectivity index (χ3v) is 4.88. The highest BCUT2D eigenvalue weighted by Crippen LogP contribution is 2.29. The molecule has 0 saturated carbocycles. The third-order valence-electron chi connectivity index (χ3n) is 3.88. The number of aryl methyl sites for hydroxylation is 1. The molecular formula is C21H21NO3S. The number of benzene rings is 2. The lowest BCUT2D eigenvalue weighted by Crippen LogP contribution is -2.21. The van der Waals surface area contributed by atoms with Gasteiger partial charge in [-0.15, -0.1) is 11.3 Å². The van der Waals surface area contributed by atoms with Crippen molar-refractivity contribution in [2.24, 2.45) is 0 Å². The van der Waals surface area contributed by atoms with Crippen LogP contribution in [0.5, 0.6) is 11.5 Å². The molecule has 0 atom stereocenters. The first-order chi connectivity index (χ1) is 12.7. The zero-order chi connectivity index (χ0) is 18.4. The van der Waals surface area contributed by atoms with Crippen molar-refractivity contribution in [3.8, 4) is 11.5 Å². The highest BCUT2D eigenvalue weighted by molar-refractivity contribution is 7.13. The van der Waals surface area contributed by atoms with Crippen molar-refractivity contribution >= 4 is 17.2 Å². The standard InChI is InChI=1S/C21H21NO3S/c1-15-8-11-20(26-15)21(23)22-13-17-9-10-18(19(12-17)24-2)25-14-16-6-4-3-5-7-16/h3-12H,13-14H2,1-2H3,(H,22,23). The fourth-order valence-electron chi connectivity index (χ4n) is 2.50. The van der Waals surface area contributed by atoms with Gasteiger partial charge in [-0.25, -0.2) is 0 Å². The lowest BCUT2D eigenvalue weighted by Gasteiger charge is -2.12. The molecule has 0 unspecified atom stereocenters. The van der Waals surface area contributed by atoms with E-state index in [-0.39, 0.29) is 5.91 Å². The maximum Gasteiger partial charge on any atom is 0.261 e. The van der Waals surface area contributed by atoms with Crippen LogP contribution in [-0.4, -0.2) is 13.0 Å². The molecule has 2 aromatic carbocycles. The second-order valence-electron chi connectivity index (χ2n) is 5.85. The summed E-state index contributed by atoms with van der Waals surface area (Å²) in [4.78, 5) is 14.0. The first kappa shape index (κ1) is 18.0. The van der Waals surface area contributed by atoms with Gasteiger partial charge in [-0.1, -0.05) is 36.4 Å². The molecule has 3 aromatic rings. The molecule has 0 radical (unpaired) electrons. The molecular weight excluding hydrogens is 346 g/mol. The first-order valence-corrected chi connectivity index (χ1v) is 9.15. The Morgan fingerprint density at radius 1 is 1.00 bits per heavy atom. The topological polar surface area (TPSA) is 47.6 Å². The van der Waals surface area contributed by atoms with Crippen molar-refractivity contribution in [1.29, 1.82) is 0 Å². The normalized spacial score (nSPS) is 10.4. The van der Waals surface area contributed by atoms with Crippen LogP contribution in [0.1, 0.15) is 25.7 Å². The molecule has 1 N–H and O–H groups in total. The van der Waals surface area contributed by atoms with Crippen molar-refractivity contribution in [3.63, 3.8) is 0 Å². The Morgan fingerprint density at radius 3 is 2.50 bits per heavy atom. The average Bonchev–Trinajstić information content (AvgIpc) is 3.12. The molecule has 3 rings (SSSR count). The number of methoxy groups -OCH3 is 1. The van der Waals surface area contributed by atoms with Gasteiger partial charge in [-0.2, -0.15) is 0 Å². The van der Waals surface area contributed by atoms with E-state index in [0.717, 1.165) is 20.9 Å².